The molecule has 0 heterocycles. The summed E-state index contributed by atoms with van der Waals surface area (Å²) in [7, 11) is -1.15. The van der Waals surface area contributed by atoms with Crippen molar-refractivity contribution in [2.75, 3.05) is 24.9 Å². The van der Waals surface area contributed by atoms with Crippen molar-refractivity contribution in [1.29, 1.82) is 0 Å². The van der Waals surface area contributed by atoms with Crippen molar-refractivity contribution in [1.82, 2.24) is 9.62 Å². The summed E-state index contributed by atoms with van der Waals surface area (Å²) in [4.78, 5) is 12.9. The van der Waals surface area contributed by atoms with Gasteiger partial charge in [0.15, 0.2) is 0 Å². The van der Waals surface area contributed by atoms with E-state index in [1.165, 1.54) is 62.3 Å². The van der Waals surface area contributed by atoms with Crippen molar-refractivity contribution in [3.8, 4) is 0 Å². The maximum Gasteiger partial charge on any atom is 0.304 e. The first kappa shape index (κ1) is 23.2. The molecule has 0 saturated carbocycles. The van der Waals surface area contributed by atoms with Crippen LogP contribution < -0.4 is 9.62 Å². The number of carbonyl (C=O) groups excluding carboxylic acids is 1. The Morgan fingerprint density at radius 1 is 1.06 bits per heavy atom. The number of hydrogen-bond donors (Lipinski definition) is 1. The van der Waals surface area contributed by atoms with Gasteiger partial charge in [-0.15, -0.1) is 0 Å². The van der Waals surface area contributed by atoms with Gasteiger partial charge in [0.2, 0.25) is 5.91 Å². The van der Waals surface area contributed by atoms with Crippen LogP contribution in [0.15, 0.2) is 42.5 Å². The van der Waals surface area contributed by atoms with Crippen LogP contribution in [0.5, 0.6) is 0 Å². The third kappa shape index (κ3) is 5.43. The molecule has 6 nitrogen and oxygen atoms in total. The highest BCUT2D eigenvalue weighted by atomic mass is 32.2. The molecule has 1 atom stereocenters. The van der Waals surface area contributed by atoms with Crippen LogP contribution in [0.2, 0.25) is 0 Å². The van der Waals surface area contributed by atoms with E-state index < -0.39 is 28.5 Å². The second-order valence-electron chi connectivity index (χ2n) is 8.04. The van der Waals surface area contributed by atoms with Gasteiger partial charge in [0.1, 0.15) is 12.4 Å². The van der Waals surface area contributed by atoms with E-state index in [-0.39, 0.29) is 11.7 Å². The Labute approximate surface area is 184 Å². The van der Waals surface area contributed by atoms with Gasteiger partial charge in [0.25, 0.3) is 0 Å². The Balaban J connectivity index is 1.80. The summed E-state index contributed by atoms with van der Waals surface area (Å²) < 4.78 is 41.0. The molecule has 1 aliphatic rings. The normalized spacial score (nSPS) is 14.7. The van der Waals surface area contributed by atoms with Gasteiger partial charge in [-0.05, 0) is 73.1 Å². The molecule has 1 aliphatic carbocycles. The smallest absolute Gasteiger partial charge is 0.304 e. The van der Waals surface area contributed by atoms with E-state index in [0.29, 0.717) is 6.42 Å². The van der Waals surface area contributed by atoms with E-state index in [9.17, 15) is 17.6 Å². The van der Waals surface area contributed by atoms with Crippen LogP contribution in [0.3, 0.4) is 0 Å². The Bertz CT molecular complexity index is 1020. The number of fused-ring (bicyclic) bond motifs is 1. The Morgan fingerprint density at radius 3 is 2.32 bits per heavy atom. The number of benzene rings is 2. The van der Waals surface area contributed by atoms with Gasteiger partial charge in [-0.2, -0.15) is 12.7 Å². The van der Waals surface area contributed by atoms with Crippen LogP contribution in [0.1, 0.15) is 48.9 Å². The second kappa shape index (κ2) is 9.78. The molecule has 1 N–H and O–H groups in total. The molecule has 0 spiro atoms. The fraction of sp³-hybridized carbons (Fsp3) is 0.435. The third-order valence-corrected chi connectivity index (χ3v) is 7.48. The molecule has 168 valence electrons. The van der Waals surface area contributed by atoms with Gasteiger partial charge in [-0.25, -0.2) is 8.70 Å². The summed E-state index contributed by atoms with van der Waals surface area (Å²) in [6.07, 6.45) is 5.21. The first-order valence-electron chi connectivity index (χ1n) is 10.6. The van der Waals surface area contributed by atoms with Gasteiger partial charge in [0.05, 0.1) is 11.7 Å². The van der Waals surface area contributed by atoms with Crippen LogP contribution in [0.4, 0.5) is 10.1 Å². The van der Waals surface area contributed by atoms with E-state index in [0.717, 1.165) is 27.0 Å². The van der Waals surface area contributed by atoms with E-state index in [1.54, 1.807) is 0 Å². The summed E-state index contributed by atoms with van der Waals surface area (Å²) in [5.74, 6) is -0.895. The molecular weight excluding hydrogens is 417 g/mol. The van der Waals surface area contributed by atoms with Crippen molar-refractivity contribution in [2.24, 2.45) is 0 Å². The number of carbonyl (C=O) groups is 1. The van der Waals surface area contributed by atoms with Crippen LogP contribution in [-0.2, 0) is 27.8 Å². The molecule has 0 saturated heterocycles. The van der Waals surface area contributed by atoms with Crippen LogP contribution in [0, 0.1) is 5.82 Å². The highest BCUT2D eigenvalue weighted by Crippen LogP contribution is 2.26. The quantitative estimate of drug-likeness (QED) is 0.672. The van der Waals surface area contributed by atoms with Crippen molar-refractivity contribution < 1.29 is 17.6 Å². The van der Waals surface area contributed by atoms with Crippen LogP contribution >= 0.6 is 0 Å². The Kier molecular flexibility index (Phi) is 7.33. The molecule has 2 aromatic carbocycles. The zero-order valence-electron chi connectivity index (χ0n) is 18.3. The standard InChI is InChI=1S/C23H30FN3O3S/c1-4-22(19-10-9-17-7-5-6-8-18(17)15-19)25-23(28)16-27(31(29,30)26(2)3)21-13-11-20(24)12-14-21/h9-15,22H,4-8,16H2,1-3H3,(H,25,28)/t22-/m0/s1. The molecule has 31 heavy (non-hydrogen) atoms. The number of hydrogen-bond acceptors (Lipinski definition) is 3. The fourth-order valence-corrected chi connectivity index (χ4v) is 4.93. The molecule has 3 rings (SSSR count). The molecule has 8 heteroatoms. The highest BCUT2D eigenvalue weighted by molar-refractivity contribution is 7.90. The predicted octanol–water partition coefficient (Wildman–Crippen LogP) is 3.58. The van der Waals surface area contributed by atoms with Crippen molar-refractivity contribution >= 4 is 21.8 Å². The van der Waals surface area contributed by atoms with Crippen molar-refractivity contribution in [2.45, 2.75) is 45.1 Å². The summed E-state index contributed by atoms with van der Waals surface area (Å²) >= 11 is 0. The molecular formula is C23H30FN3O3S. The SMILES string of the molecule is CC[C@H](NC(=O)CN(c1ccc(F)cc1)S(=O)(=O)N(C)C)c1ccc2c(c1)CCCC2. The lowest BCUT2D eigenvalue weighted by Crippen LogP contribution is -2.46. The number of rotatable bonds is 8. The molecule has 0 aromatic heterocycles. The fourth-order valence-electron chi connectivity index (χ4n) is 3.87. The van der Waals surface area contributed by atoms with Gasteiger partial charge in [0, 0.05) is 14.1 Å². The third-order valence-electron chi connectivity index (χ3n) is 5.66. The largest absolute Gasteiger partial charge is 0.348 e. The zero-order chi connectivity index (χ0) is 22.6. The van der Waals surface area contributed by atoms with Gasteiger partial charge in [-0.1, -0.05) is 25.1 Å². The highest BCUT2D eigenvalue weighted by Gasteiger charge is 2.28. The topological polar surface area (TPSA) is 69.7 Å². The summed E-state index contributed by atoms with van der Waals surface area (Å²) in [6.45, 7) is 1.59. The zero-order valence-corrected chi connectivity index (χ0v) is 19.1. The van der Waals surface area contributed by atoms with E-state index in [4.69, 9.17) is 0 Å². The number of halogens is 1. The maximum atomic E-state index is 13.3. The molecule has 0 bridgehead atoms. The van der Waals surface area contributed by atoms with E-state index in [1.807, 2.05) is 13.0 Å². The van der Waals surface area contributed by atoms with Crippen molar-refractivity contribution in [3.05, 3.63) is 65.0 Å². The monoisotopic (exact) mass is 447 g/mol. The second-order valence-corrected chi connectivity index (χ2v) is 10.1. The number of nitrogens with zero attached hydrogens (tertiary/aromatic N) is 2. The molecule has 0 fully saturated rings. The van der Waals surface area contributed by atoms with Gasteiger partial charge in [-0.3, -0.25) is 4.79 Å². The van der Waals surface area contributed by atoms with Gasteiger partial charge >= 0.3 is 10.2 Å². The Morgan fingerprint density at radius 2 is 1.71 bits per heavy atom. The Hall–Kier alpha value is -2.45. The van der Waals surface area contributed by atoms with E-state index >= 15 is 0 Å². The summed E-state index contributed by atoms with van der Waals surface area (Å²) in [6, 6.07) is 11.2. The summed E-state index contributed by atoms with van der Waals surface area (Å²) in [5.41, 5.74) is 3.96. The number of amides is 1. The molecule has 0 unspecified atom stereocenters. The first-order valence-corrected chi connectivity index (χ1v) is 12.0. The molecule has 0 aliphatic heterocycles. The minimum Gasteiger partial charge on any atom is -0.348 e. The predicted molar refractivity (Wildman–Crippen MR) is 121 cm³/mol. The lowest BCUT2D eigenvalue weighted by atomic mass is 9.89. The molecule has 1 amide bonds. The average Bonchev–Trinajstić information content (AvgIpc) is 2.76. The van der Waals surface area contributed by atoms with Crippen molar-refractivity contribution in [3.63, 3.8) is 0 Å². The minimum absolute atomic E-state index is 0.211. The molecule has 0 radical (unpaired) electrons. The lowest BCUT2D eigenvalue weighted by Gasteiger charge is -2.28. The maximum absolute atomic E-state index is 13.3. The minimum atomic E-state index is -3.94. The van der Waals surface area contributed by atoms with E-state index in [2.05, 4.69) is 17.4 Å². The average molecular weight is 448 g/mol. The number of anilines is 1. The number of nitrogens with one attached hydrogen (secondary N) is 1. The lowest BCUT2D eigenvalue weighted by molar-refractivity contribution is -0.120. The van der Waals surface area contributed by atoms with Crippen LogP contribution in [0.25, 0.3) is 0 Å². The van der Waals surface area contributed by atoms with Gasteiger partial charge < -0.3 is 5.32 Å². The summed E-state index contributed by atoms with van der Waals surface area (Å²) in [5, 5.41) is 2.97. The molecule has 2 aromatic rings. The number of aryl methyl sites for hydroxylation is 2. The first-order chi connectivity index (χ1) is 14.7. The van der Waals surface area contributed by atoms with Crippen LogP contribution in [-0.4, -0.2) is 39.3 Å².